The average Bonchev–Trinajstić information content (AvgIpc) is 2.26. The van der Waals surface area contributed by atoms with Crippen LogP contribution in [0, 0.1) is 11.3 Å². The third-order valence-electron chi connectivity index (χ3n) is 1.86. The van der Waals surface area contributed by atoms with E-state index in [1.165, 1.54) is 13.2 Å². The van der Waals surface area contributed by atoms with E-state index in [1.54, 1.807) is 6.07 Å². The average molecular weight is 333 g/mol. The molecule has 0 unspecified atom stereocenters. The third-order valence-corrected chi connectivity index (χ3v) is 3.13. The molecular weight excluding hydrogens is 326 g/mol. The molecule has 0 aliphatic rings. The molecule has 0 heterocycles. The molecular formula is C10H7Br2NO2. The third kappa shape index (κ3) is 2.58. The normalized spacial score (nSPS) is 9.47. The van der Waals surface area contributed by atoms with Crippen LogP contribution in [0.15, 0.2) is 16.6 Å². The van der Waals surface area contributed by atoms with Gasteiger partial charge in [-0.2, -0.15) is 5.26 Å². The molecule has 0 saturated heterocycles. The Bertz CT molecular complexity index is 438. The van der Waals surface area contributed by atoms with Crippen LogP contribution in [-0.2, 0) is 10.1 Å². The van der Waals surface area contributed by atoms with Crippen molar-refractivity contribution < 1.29 is 9.53 Å². The van der Waals surface area contributed by atoms with Crippen molar-refractivity contribution in [3.63, 3.8) is 0 Å². The summed E-state index contributed by atoms with van der Waals surface area (Å²) in [5.74, 6) is -0.442. The number of carbonyl (C=O) groups is 1. The molecule has 0 amide bonds. The van der Waals surface area contributed by atoms with Crippen molar-refractivity contribution in [3.8, 4) is 6.07 Å². The molecule has 1 aromatic rings. The van der Waals surface area contributed by atoms with Crippen LogP contribution >= 0.6 is 31.9 Å². The fourth-order valence-corrected chi connectivity index (χ4v) is 2.71. The summed E-state index contributed by atoms with van der Waals surface area (Å²) >= 11 is 6.59. The Balaban J connectivity index is 3.40. The van der Waals surface area contributed by atoms with Gasteiger partial charge in [0.15, 0.2) is 0 Å². The number of methoxy groups -OCH3 is 1. The molecule has 0 radical (unpaired) electrons. The number of alkyl halides is 1. The predicted molar refractivity (Wildman–Crippen MR) is 62.8 cm³/mol. The van der Waals surface area contributed by atoms with E-state index in [2.05, 4.69) is 36.6 Å². The minimum absolute atomic E-state index is 0.403. The van der Waals surface area contributed by atoms with Crippen LogP contribution in [0.1, 0.15) is 21.5 Å². The van der Waals surface area contributed by atoms with Gasteiger partial charge in [0.05, 0.1) is 24.3 Å². The lowest BCUT2D eigenvalue weighted by molar-refractivity contribution is 0.0599. The van der Waals surface area contributed by atoms with Crippen LogP contribution in [0.5, 0.6) is 0 Å². The molecule has 0 saturated carbocycles. The fourth-order valence-electron chi connectivity index (χ4n) is 1.13. The second-order valence-corrected chi connectivity index (χ2v) is 4.14. The summed E-state index contributed by atoms with van der Waals surface area (Å²) in [7, 11) is 1.31. The molecule has 1 aromatic carbocycles. The van der Waals surface area contributed by atoms with Gasteiger partial charge in [-0.15, -0.1) is 0 Å². The standard InChI is InChI=1S/C10H7Br2NO2/c1-15-10(14)7-2-6(5-13)3-9(12)8(7)4-11/h2-3H,4H2,1H3. The van der Waals surface area contributed by atoms with Crippen LogP contribution < -0.4 is 0 Å². The number of carbonyl (C=O) groups excluding carboxylic acids is 1. The van der Waals surface area contributed by atoms with E-state index < -0.39 is 5.97 Å². The van der Waals surface area contributed by atoms with E-state index >= 15 is 0 Å². The molecule has 0 atom stereocenters. The molecule has 0 aliphatic carbocycles. The molecule has 0 aromatic heterocycles. The second-order valence-electron chi connectivity index (χ2n) is 2.72. The van der Waals surface area contributed by atoms with Gasteiger partial charge in [0.2, 0.25) is 0 Å². The minimum Gasteiger partial charge on any atom is -0.465 e. The number of hydrogen-bond acceptors (Lipinski definition) is 3. The zero-order valence-electron chi connectivity index (χ0n) is 7.88. The summed E-state index contributed by atoms with van der Waals surface area (Å²) in [6.07, 6.45) is 0. The maximum absolute atomic E-state index is 11.4. The summed E-state index contributed by atoms with van der Waals surface area (Å²) in [4.78, 5) is 11.4. The van der Waals surface area contributed by atoms with Crippen molar-refractivity contribution in [2.45, 2.75) is 5.33 Å². The summed E-state index contributed by atoms with van der Waals surface area (Å²) in [5, 5.41) is 9.29. The molecule has 78 valence electrons. The first kappa shape index (κ1) is 12.2. The Labute approximate surface area is 104 Å². The van der Waals surface area contributed by atoms with E-state index in [1.807, 2.05) is 6.07 Å². The lowest BCUT2D eigenvalue weighted by atomic mass is 10.1. The SMILES string of the molecule is COC(=O)c1cc(C#N)cc(Br)c1CBr. The lowest BCUT2D eigenvalue weighted by Gasteiger charge is -2.07. The molecule has 0 spiro atoms. The summed E-state index contributed by atoms with van der Waals surface area (Å²) in [6.45, 7) is 0. The maximum atomic E-state index is 11.4. The monoisotopic (exact) mass is 331 g/mol. The first-order chi connectivity index (χ1) is 7.13. The van der Waals surface area contributed by atoms with E-state index in [9.17, 15) is 4.79 Å². The summed E-state index contributed by atoms with van der Waals surface area (Å²) in [6, 6.07) is 5.18. The van der Waals surface area contributed by atoms with Gasteiger partial charge < -0.3 is 4.74 Å². The van der Waals surface area contributed by atoms with Crippen LogP contribution in [0.4, 0.5) is 0 Å². The predicted octanol–water partition coefficient (Wildman–Crippen LogP) is 3.00. The first-order valence-electron chi connectivity index (χ1n) is 4.00. The zero-order chi connectivity index (χ0) is 11.4. The molecule has 0 aliphatic heterocycles. The van der Waals surface area contributed by atoms with Crippen molar-refractivity contribution in [2.24, 2.45) is 0 Å². The molecule has 3 nitrogen and oxygen atoms in total. The number of rotatable bonds is 2. The van der Waals surface area contributed by atoms with Gasteiger partial charge in [-0.1, -0.05) is 31.9 Å². The smallest absolute Gasteiger partial charge is 0.338 e. The van der Waals surface area contributed by atoms with Crippen LogP contribution in [-0.4, -0.2) is 13.1 Å². The number of halogens is 2. The largest absolute Gasteiger partial charge is 0.465 e. The van der Waals surface area contributed by atoms with Gasteiger partial charge >= 0.3 is 5.97 Å². The highest BCUT2D eigenvalue weighted by molar-refractivity contribution is 9.10. The quantitative estimate of drug-likeness (QED) is 0.618. The van der Waals surface area contributed by atoms with Crippen molar-refractivity contribution in [1.82, 2.24) is 0 Å². The molecule has 15 heavy (non-hydrogen) atoms. The van der Waals surface area contributed by atoms with Gasteiger partial charge in [0.25, 0.3) is 0 Å². The van der Waals surface area contributed by atoms with E-state index in [-0.39, 0.29) is 0 Å². The molecule has 0 fully saturated rings. The lowest BCUT2D eigenvalue weighted by Crippen LogP contribution is -2.06. The maximum Gasteiger partial charge on any atom is 0.338 e. The van der Waals surface area contributed by atoms with Crippen LogP contribution in [0.25, 0.3) is 0 Å². The Morgan fingerprint density at radius 1 is 1.60 bits per heavy atom. The number of benzene rings is 1. The molecule has 1 rings (SSSR count). The van der Waals surface area contributed by atoms with Crippen molar-refractivity contribution in [3.05, 3.63) is 33.3 Å². The van der Waals surface area contributed by atoms with Crippen molar-refractivity contribution >= 4 is 37.8 Å². The zero-order valence-corrected chi connectivity index (χ0v) is 11.1. The van der Waals surface area contributed by atoms with E-state index in [0.717, 1.165) is 10.0 Å². The molecule has 0 bridgehead atoms. The highest BCUT2D eigenvalue weighted by Crippen LogP contribution is 2.25. The minimum atomic E-state index is -0.442. The number of nitrogens with zero attached hydrogens (tertiary/aromatic N) is 1. The van der Waals surface area contributed by atoms with Crippen molar-refractivity contribution in [2.75, 3.05) is 7.11 Å². The number of esters is 1. The fraction of sp³-hybridized carbons (Fsp3) is 0.200. The Kier molecular flexibility index (Phi) is 4.30. The van der Waals surface area contributed by atoms with Gasteiger partial charge in [-0.25, -0.2) is 4.79 Å². The highest BCUT2D eigenvalue weighted by atomic mass is 79.9. The second kappa shape index (κ2) is 5.29. The number of nitriles is 1. The molecule has 5 heteroatoms. The number of hydrogen-bond donors (Lipinski definition) is 0. The Morgan fingerprint density at radius 3 is 2.73 bits per heavy atom. The van der Waals surface area contributed by atoms with E-state index in [0.29, 0.717) is 16.5 Å². The highest BCUT2D eigenvalue weighted by Gasteiger charge is 2.15. The number of ether oxygens (including phenoxy) is 1. The Morgan fingerprint density at radius 2 is 2.27 bits per heavy atom. The van der Waals surface area contributed by atoms with Crippen LogP contribution in [0.3, 0.4) is 0 Å². The topological polar surface area (TPSA) is 50.1 Å². The van der Waals surface area contributed by atoms with Crippen LogP contribution in [0.2, 0.25) is 0 Å². The van der Waals surface area contributed by atoms with Gasteiger partial charge in [0, 0.05) is 9.80 Å². The summed E-state index contributed by atoms with van der Waals surface area (Å²) in [5.41, 5.74) is 1.60. The van der Waals surface area contributed by atoms with Gasteiger partial charge in [-0.05, 0) is 17.7 Å². The van der Waals surface area contributed by atoms with Crippen molar-refractivity contribution in [1.29, 1.82) is 5.26 Å². The van der Waals surface area contributed by atoms with Gasteiger partial charge in [-0.3, -0.25) is 0 Å². The van der Waals surface area contributed by atoms with E-state index in [4.69, 9.17) is 5.26 Å². The molecule has 0 N–H and O–H groups in total. The summed E-state index contributed by atoms with van der Waals surface area (Å²) < 4.78 is 5.36. The van der Waals surface area contributed by atoms with Gasteiger partial charge in [0.1, 0.15) is 0 Å². The first-order valence-corrected chi connectivity index (χ1v) is 5.92. The Hall–Kier alpha value is -0.860.